The van der Waals surface area contributed by atoms with Crippen LogP contribution in [0.5, 0.6) is 0 Å². The van der Waals surface area contributed by atoms with Crippen molar-refractivity contribution in [2.45, 2.75) is 39.0 Å². The van der Waals surface area contributed by atoms with E-state index in [4.69, 9.17) is 0 Å². The van der Waals surface area contributed by atoms with Crippen LogP contribution >= 0.6 is 0 Å². The number of hydrogen-bond donors (Lipinski definition) is 0. The van der Waals surface area contributed by atoms with Crippen molar-refractivity contribution in [3.8, 4) is 22.3 Å². The predicted molar refractivity (Wildman–Crippen MR) is 122 cm³/mol. The fourth-order valence-corrected chi connectivity index (χ4v) is 4.10. The zero-order valence-corrected chi connectivity index (χ0v) is 17.9. The number of aryl methyl sites for hydroxylation is 1. The van der Waals surface area contributed by atoms with Gasteiger partial charge in [-0.05, 0) is 59.2 Å². The maximum absolute atomic E-state index is 15.3. The first-order chi connectivity index (χ1) is 15.5. The third kappa shape index (κ3) is 4.55. The topological polar surface area (TPSA) is 0 Å². The second kappa shape index (κ2) is 9.56. The van der Waals surface area contributed by atoms with E-state index in [-0.39, 0.29) is 22.3 Å². The average Bonchev–Trinajstić information content (AvgIpc) is 2.78. The van der Waals surface area contributed by atoms with Crippen molar-refractivity contribution in [3.05, 3.63) is 95.6 Å². The molecule has 164 valence electrons. The van der Waals surface area contributed by atoms with Crippen molar-refractivity contribution in [1.82, 2.24) is 0 Å². The van der Waals surface area contributed by atoms with E-state index in [1.54, 1.807) is 18.2 Å². The highest BCUT2D eigenvalue weighted by atomic mass is 19.1. The minimum atomic E-state index is -0.825. The molecule has 0 unspecified atom stereocenters. The minimum absolute atomic E-state index is 0.119. The molecule has 0 fully saturated rings. The third-order valence-corrected chi connectivity index (χ3v) is 5.82. The fourth-order valence-electron chi connectivity index (χ4n) is 4.10. The number of unbranched alkanes of at least 4 members (excludes halogenated alkanes) is 3. The molecule has 0 amide bonds. The molecule has 0 heterocycles. The zero-order chi connectivity index (χ0) is 22.7. The van der Waals surface area contributed by atoms with E-state index in [0.29, 0.717) is 5.39 Å². The molecule has 4 rings (SSSR count). The van der Waals surface area contributed by atoms with E-state index >= 15 is 4.39 Å². The van der Waals surface area contributed by atoms with E-state index in [2.05, 4.69) is 6.92 Å². The molecule has 4 heteroatoms. The van der Waals surface area contributed by atoms with Crippen LogP contribution in [0.4, 0.5) is 17.6 Å². The molecule has 0 aliphatic rings. The van der Waals surface area contributed by atoms with Crippen LogP contribution in [0.2, 0.25) is 0 Å². The Balaban J connectivity index is 1.67. The van der Waals surface area contributed by atoms with Crippen LogP contribution in [-0.2, 0) is 6.42 Å². The van der Waals surface area contributed by atoms with Crippen molar-refractivity contribution in [1.29, 1.82) is 0 Å². The molecule has 4 aromatic rings. The number of halogens is 4. The Hall–Kier alpha value is -3.14. The Kier molecular flexibility index (Phi) is 6.59. The average molecular weight is 436 g/mol. The Morgan fingerprint density at radius 1 is 0.656 bits per heavy atom. The van der Waals surface area contributed by atoms with Crippen molar-refractivity contribution in [2.24, 2.45) is 0 Å². The summed E-state index contributed by atoms with van der Waals surface area (Å²) >= 11 is 0. The molecule has 0 bridgehead atoms. The molecule has 0 aliphatic carbocycles. The van der Waals surface area contributed by atoms with E-state index < -0.39 is 23.3 Å². The minimum Gasteiger partial charge on any atom is -0.207 e. The van der Waals surface area contributed by atoms with Crippen LogP contribution in [0, 0.1) is 23.3 Å². The van der Waals surface area contributed by atoms with Crippen LogP contribution in [0.15, 0.2) is 66.7 Å². The van der Waals surface area contributed by atoms with Crippen molar-refractivity contribution in [3.63, 3.8) is 0 Å². The van der Waals surface area contributed by atoms with Gasteiger partial charge in [0.05, 0.1) is 5.56 Å². The van der Waals surface area contributed by atoms with Crippen molar-refractivity contribution in [2.75, 3.05) is 0 Å². The van der Waals surface area contributed by atoms with Crippen molar-refractivity contribution < 1.29 is 17.6 Å². The fraction of sp³-hybridized carbons (Fsp3) is 0.214. The van der Waals surface area contributed by atoms with Gasteiger partial charge in [-0.2, -0.15) is 0 Å². The summed E-state index contributed by atoms with van der Waals surface area (Å²) in [6, 6.07) is 16.1. The van der Waals surface area contributed by atoms with Gasteiger partial charge >= 0.3 is 0 Å². The summed E-state index contributed by atoms with van der Waals surface area (Å²) in [4.78, 5) is 0. The number of benzene rings is 4. The first-order valence-electron chi connectivity index (χ1n) is 10.9. The highest BCUT2D eigenvalue weighted by molar-refractivity contribution is 5.89. The molecule has 4 aromatic carbocycles. The van der Waals surface area contributed by atoms with Gasteiger partial charge in [0.1, 0.15) is 23.3 Å². The third-order valence-electron chi connectivity index (χ3n) is 5.82. The summed E-state index contributed by atoms with van der Waals surface area (Å²) in [5.41, 5.74) is 1.37. The van der Waals surface area contributed by atoms with E-state index in [0.717, 1.165) is 48.1 Å². The van der Waals surface area contributed by atoms with Crippen LogP contribution < -0.4 is 0 Å². The second-order valence-corrected chi connectivity index (χ2v) is 8.12. The summed E-state index contributed by atoms with van der Waals surface area (Å²) in [6.45, 7) is 2.17. The van der Waals surface area contributed by atoms with Gasteiger partial charge < -0.3 is 0 Å². The number of fused-ring (bicyclic) bond motifs is 1. The highest BCUT2D eigenvalue weighted by Gasteiger charge is 2.17. The van der Waals surface area contributed by atoms with E-state index in [9.17, 15) is 13.2 Å². The van der Waals surface area contributed by atoms with Gasteiger partial charge in [-0.3, -0.25) is 0 Å². The summed E-state index contributed by atoms with van der Waals surface area (Å²) in [6.07, 6.45) is 5.60. The Bertz CT molecular complexity index is 1220. The van der Waals surface area contributed by atoms with Gasteiger partial charge in [-0.15, -0.1) is 0 Å². The molecule has 0 aromatic heterocycles. The lowest BCUT2D eigenvalue weighted by molar-refractivity contribution is 0.589. The summed E-state index contributed by atoms with van der Waals surface area (Å²) in [5, 5.41) is 1.19. The van der Waals surface area contributed by atoms with Crippen LogP contribution in [0.25, 0.3) is 33.0 Å². The monoisotopic (exact) mass is 436 g/mol. The molecule has 0 saturated carbocycles. The number of hydrogen-bond acceptors (Lipinski definition) is 0. The first kappa shape index (κ1) is 22.1. The molecule has 0 nitrogen and oxygen atoms in total. The quantitative estimate of drug-likeness (QED) is 0.200. The maximum Gasteiger partial charge on any atom is 0.138 e. The second-order valence-electron chi connectivity index (χ2n) is 8.12. The molecular formula is C28H24F4. The molecule has 0 atom stereocenters. The lowest BCUT2D eigenvalue weighted by atomic mass is 9.95. The van der Waals surface area contributed by atoms with Crippen LogP contribution in [0.1, 0.15) is 38.2 Å². The molecular weight excluding hydrogens is 412 g/mol. The standard InChI is InChI=1S/C28H24F4/c1-2-3-4-5-6-18-7-13-23-20(15-18)10-14-24(28(23)32)21-16-25(30)27(26(31)17-21)19-8-11-22(29)12-9-19/h7-17H,2-6H2,1H3. The largest absolute Gasteiger partial charge is 0.207 e. The van der Waals surface area contributed by atoms with Crippen LogP contribution in [-0.4, -0.2) is 0 Å². The predicted octanol–water partition coefficient (Wildman–Crippen LogP) is 8.85. The lowest BCUT2D eigenvalue weighted by Gasteiger charge is -2.12. The van der Waals surface area contributed by atoms with Crippen molar-refractivity contribution >= 4 is 10.8 Å². The smallest absolute Gasteiger partial charge is 0.138 e. The van der Waals surface area contributed by atoms with E-state index in [1.165, 1.54) is 31.4 Å². The summed E-state index contributed by atoms with van der Waals surface area (Å²) in [5.74, 6) is -2.65. The molecule has 0 aliphatic heterocycles. The van der Waals surface area contributed by atoms with E-state index in [1.807, 2.05) is 12.1 Å². The molecule has 0 saturated heterocycles. The Morgan fingerprint density at radius 3 is 2.06 bits per heavy atom. The molecule has 32 heavy (non-hydrogen) atoms. The van der Waals surface area contributed by atoms with Gasteiger partial charge in [0.15, 0.2) is 0 Å². The van der Waals surface area contributed by atoms with Gasteiger partial charge in [-0.25, -0.2) is 17.6 Å². The lowest BCUT2D eigenvalue weighted by Crippen LogP contribution is -1.95. The molecule has 0 radical (unpaired) electrons. The normalized spacial score (nSPS) is 11.3. The molecule has 0 N–H and O–H groups in total. The number of rotatable bonds is 7. The summed E-state index contributed by atoms with van der Waals surface area (Å²) in [7, 11) is 0. The highest BCUT2D eigenvalue weighted by Crippen LogP contribution is 2.34. The van der Waals surface area contributed by atoms with Gasteiger partial charge in [0.25, 0.3) is 0 Å². The van der Waals surface area contributed by atoms with Gasteiger partial charge in [0.2, 0.25) is 0 Å². The summed E-state index contributed by atoms with van der Waals surface area (Å²) < 4.78 is 58.0. The zero-order valence-electron chi connectivity index (χ0n) is 17.9. The van der Waals surface area contributed by atoms with Crippen LogP contribution in [0.3, 0.4) is 0 Å². The first-order valence-corrected chi connectivity index (χ1v) is 10.9. The Labute approximate surface area is 185 Å². The molecule has 0 spiro atoms. The Morgan fingerprint density at radius 2 is 1.38 bits per heavy atom. The van der Waals surface area contributed by atoms with Gasteiger partial charge in [0, 0.05) is 10.9 Å². The van der Waals surface area contributed by atoms with Gasteiger partial charge in [-0.1, -0.05) is 68.7 Å². The maximum atomic E-state index is 15.3. The SMILES string of the molecule is CCCCCCc1ccc2c(F)c(-c3cc(F)c(-c4ccc(F)cc4)c(F)c3)ccc2c1.